The molecular formula is C22H35N3O4. The van der Waals surface area contributed by atoms with Gasteiger partial charge in [-0.15, -0.1) is 0 Å². The summed E-state index contributed by atoms with van der Waals surface area (Å²) in [6, 6.07) is 6.35. The molecule has 1 aliphatic heterocycles. The molecule has 1 aliphatic rings. The van der Waals surface area contributed by atoms with Crippen molar-refractivity contribution in [2.75, 3.05) is 49.5 Å². The normalized spacial score (nSPS) is 14.5. The van der Waals surface area contributed by atoms with E-state index in [-0.39, 0.29) is 12.1 Å². The highest BCUT2D eigenvalue weighted by Gasteiger charge is 2.26. The minimum atomic E-state index is -0.472. The summed E-state index contributed by atoms with van der Waals surface area (Å²) in [5.41, 5.74) is 2.94. The van der Waals surface area contributed by atoms with Crippen molar-refractivity contribution in [2.24, 2.45) is 0 Å². The third kappa shape index (κ3) is 7.15. The third-order valence-corrected chi connectivity index (χ3v) is 4.72. The minimum absolute atomic E-state index is 0.183. The van der Waals surface area contributed by atoms with Crippen LogP contribution in [0.25, 0.3) is 0 Å². The smallest absolute Gasteiger partial charge is 0.410 e. The maximum absolute atomic E-state index is 12.2. The minimum Gasteiger partial charge on any atom is -0.466 e. The maximum atomic E-state index is 12.2. The number of piperazine rings is 1. The fraction of sp³-hybridized carbons (Fsp3) is 0.636. The van der Waals surface area contributed by atoms with Crippen LogP contribution in [0.2, 0.25) is 0 Å². The van der Waals surface area contributed by atoms with Crippen molar-refractivity contribution in [3.8, 4) is 0 Å². The zero-order chi connectivity index (χ0) is 21.4. The molecule has 1 aromatic carbocycles. The zero-order valence-electron chi connectivity index (χ0n) is 18.4. The summed E-state index contributed by atoms with van der Waals surface area (Å²) in [5.74, 6) is -0.183. The number of rotatable bonds is 7. The van der Waals surface area contributed by atoms with Crippen molar-refractivity contribution in [2.45, 2.75) is 53.1 Å². The van der Waals surface area contributed by atoms with Crippen molar-refractivity contribution < 1.29 is 19.1 Å². The highest BCUT2D eigenvalue weighted by atomic mass is 16.6. The molecule has 7 nitrogen and oxygen atoms in total. The molecule has 1 aromatic rings. The number of benzene rings is 1. The molecule has 0 radical (unpaired) electrons. The van der Waals surface area contributed by atoms with Crippen molar-refractivity contribution >= 4 is 23.4 Å². The lowest BCUT2D eigenvalue weighted by Crippen LogP contribution is -2.50. The number of anilines is 2. The first kappa shape index (κ1) is 22.8. The van der Waals surface area contributed by atoms with E-state index in [4.69, 9.17) is 9.47 Å². The highest BCUT2D eigenvalue weighted by Crippen LogP contribution is 2.25. The second kappa shape index (κ2) is 10.4. The SMILES string of the molecule is CCOC(=O)CCNc1ccc(N2CCN(C(=O)OC(C)(C)C)CC2)cc1CC. The fourth-order valence-electron chi connectivity index (χ4n) is 3.25. The van der Waals surface area contributed by atoms with Crippen LogP contribution in [0.1, 0.15) is 46.6 Å². The van der Waals surface area contributed by atoms with Gasteiger partial charge in [0.2, 0.25) is 0 Å². The monoisotopic (exact) mass is 405 g/mol. The average molecular weight is 406 g/mol. The van der Waals surface area contributed by atoms with Gasteiger partial charge in [-0.1, -0.05) is 6.92 Å². The van der Waals surface area contributed by atoms with E-state index in [1.807, 2.05) is 27.7 Å². The van der Waals surface area contributed by atoms with E-state index in [2.05, 4.69) is 35.3 Å². The summed E-state index contributed by atoms with van der Waals surface area (Å²) in [6.07, 6.45) is 1.01. The Kier molecular flexibility index (Phi) is 8.17. The largest absolute Gasteiger partial charge is 0.466 e. The topological polar surface area (TPSA) is 71.1 Å². The fourth-order valence-corrected chi connectivity index (χ4v) is 3.25. The third-order valence-electron chi connectivity index (χ3n) is 4.72. The first-order valence-corrected chi connectivity index (χ1v) is 10.5. The molecule has 1 fully saturated rings. The number of ether oxygens (including phenoxy) is 2. The molecule has 29 heavy (non-hydrogen) atoms. The van der Waals surface area contributed by atoms with Crippen LogP contribution in [0.3, 0.4) is 0 Å². The van der Waals surface area contributed by atoms with Crippen LogP contribution in [0, 0.1) is 0 Å². The Morgan fingerprint density at radius 2 is 1.79 bits per heavy atom. The second-order valence-electron chi connectivity index (χ2n) is 8.13. The number of hydrogen-bond acceptors (Lipinski definition) is 6. The summed E-state index contributed by atoms with van der Waals surface area (Å²) >= 11 is 0. The van der Waals surface area contributed by atoms with Gasteiger partial charge in [0, 0.05) is 44.1 Å². The van der Waals surface area contributed by atoms with E-state index in [0.29, 0.717) is 32.7 Å². The Hall–Kier alpha value is -2.44. The molecule has 0 atom stereocenters. The van der Waals surface area contributed by atoms with Gasteiger partial charge in [0.1, 0.15) is 5.60 Å². The lowest BCUT2D eigenvalue weighted by atomic mass is 10.1. The number of nitrogens with one attached hydrogen (secondary N) is 1. The van der Waals surface area contributed by atoms with Crippen LogP contribution in [-0.4, -0.2) is 61.9 Å². The number of nitrogens with zero attached hydrogens (tertiary/aromatic N) is 2. The second-order valence-corrected chi connectivity index (χ2v) is 8.13. The van der Waals surface area contributed by atoms with E-state index in [1.165, 1.54) is 5.56 Å². The van der Waals surface area contributed by atoms with Gasteiger partial charge in [0.25, 0.3) is 0 Å². The lowest BCUT2D eigenvalue weighted by Gasteiger charge is -2.37. The molecule has 0 aromatic heterocycles. The van der Waals surface area contributed by atoms with Gasteiger partial charge < -0.3 is 24.6 Å². The molecule has 7 heteroatoms. The number of carbonyl (C=O) groups is 2. The standard InChI is InChI=1S/C22H35N3O4/c1-6-17-16-18(8-9-19(17)23-11-10-20(26)28-7-2)24-12-14-25(15-13-24)21(27)29-22(3,4)5/h8-9,16,23H,6-7,10-15H2,1-5H3. The molecule has 0 aliphatic carbocycles. The van der Waals surface area contributed by atoms with Gasteiger partial charge in [-0.2, -0.15) is 0 Å². The summed E-state index contributed by atoms with van der Waals surface area (Å²) in [4.78, 5) is 27.8. The molecule has 0 spiro atoms. The lowest BCUT2D eigenvalue weighted by molar-refractivity contribution is -0.142. The van der Waals surface area contributed by atoms with Crippen LogP contribution in [0.15, 0.2) is 18.2 Å². The first-order valence-electron chi connectivity index (χ1n) is 10.5. The Balaban J connectivity index is 1.91. The van der Waals surface area contributed by atoms with Gasteiger partial charge in [0.05, 0.1) is 13.0 Å². The van der Waals surface area contributed by atoms with E-state index >= 15 is 0 Å². The van der Waals surface area contributed by atoms with Crippen molar-refractivity contribution in [3.05, 3.63) is 23.8 Å². The Morgan fingerprint density at radius 1 is 1.10 bits per heavy atom. The zero-order valence-corrected chi connectivity index (χ0v) is 18.4. The van der Waals surface area contributed by atoms with Gasteiger partial charge in [-0.05, 0) is 57.9 Å². The number of aryl methyl sites for hydroxylation is 1. The van der Waals surface area contributed by atoms with Crippen molar-refractivity contribution in [1.82, 2.24) is 4.90 Å². The van der Waals surface area contributed by atoms with Crippen LogP contribution in [0.4, 0.5) is 16.2 Å². The summed E-state index contributed by atoms with van der Waals surface area (Å²) in [5, 5.41) is 3.34. The Morgan fingerprint density at radius 3 is 2.38 bits per heavy atom. The van der Waals surface area contributed by atoms with Gasteiger partial charge in [-0.25, -0.2) is 4.79 Å². The maximum Gasteiger partial charge on any atom is 0.410 e. The molecule has 1 heterocycles. The quantitative estimate of drug-likeness (QED) is 0.698. The van der Waals surface area contributed by atoms with E-state index in [0.717, 1.165) is 30.9 Å². The van der Waals surface area contributed by atoms with Crippen LogP contribution < -0.4 is 10.2 Å². The predicted octanol–water partition coefficient (Wildman–Crippen LogP) is 3.67. The number of esters is 1. The van der Waals surface area contributed by atoms with Gasteiger partial charge >= 0.3 is 12.1 Å². The van der Waals surface area contributed by atoms with Gasteiger partial charge in [-0.3, -0.25) is 4.79 Å². The predicted molar refractivity (Wildman–Crippen MR) is 116 cm³/mol. The molecule has 0 bridgehead atoms. The Bertz CT molecular complexity index is 692. The Labute approximate surface area is 174 Å². The van der Waals surface area contributed by atoms with Crippen LogP contribution in [-0.2, 0) is 20.7 Å². The first-order chi connectivity index (χ1) is 13.7. The van der Waals surface area contributed by atoms with E-state index < -0.39 is 5.60 Å². The van der Waals surface area contributed by atoms with Crippen molar-refractivity contribution in [3.63, 3.8) is 0 Å². The van der Waals surface area contributed by atoms with Crippen molar-refractivity contribution in [1.29, 1.82) is 0 Å². The van der Waals surface area contributed by atoms with Gasteiger partial charge in [0.15, 0.2) is 0 Å². The summed E-state index contributed by atoms with van der Waals surface area (Å²) in [6.45, 7) is 13.4. The molecule has 0 unspecified atom stereocenters. The number of hydrogen-bond donors (Lipinski definition) is 1. The highest BCUT2D eigenvalue weighted by molar-refractivity contribution is 5.70. The van der Waals surface area contributed by atoms with Crippen LogP contribution >= 0.6 is 0 Å². The van der Waals surface area contributed by atoms with E-state index in [1.54, 1.807) is 4.90 Å². The average Bonchev–Trinajstić information content (AvgIpc) is 2.67. The molecular weight excluding hydrogens is 370 g/mol. The summed E-state index contributed by atoms with van der Waals surface area (Å²) < 4.78 is 10.4. The number of carbonyl (C=O) groups excluding carboxylic acids is 2. The molecule has 1 N–H and O–H groups in total. The molecule has 162 valence electrons. The van der Waals surface area contributed by atoms with E-state index in [9.17, 15) is 9.59 Å². The summed E-state index contributed by atoms with van der Waals surface area (Å²) in [7, 11) is 0. The number of amides is 1. The molecule has 1 saturated heterocycles. The van der Waals surface area contributed by atoms with Crippen LogP contribution in [0.5, 0.6) is 0 Å². The molecule has 1 amide bonds. The molecule has 2 rings (SSSR count). The molecule has 0 saturated carbocycles.